The molecule has 5 heteroatoms. The standard InChI is InChI=1S/C9H7N3OS/c10-7-1-2-11-5-6(7)8(13)9-12-3-4-14-9/h1-5H,(H2,10,11). The Labute approximate surface area is 84.4 Å². The third-order valence-electron chi connectivity index (χ3n) is 1.73. The zero-order chi connectivity index (χ0) is 9.97. The fourth-order valence-corrected chi connectivity index (χ4v) is 1.64. The van der Waals surface area contributed by atoms with Gasteiger partial charge in [-0.3, -0.25) is 9.78 Å². The lowest BCUT2D eigenvalue weighted by molar-refractivity contribution is 0.103. The van der Waals surface area contributed by atoms with Crippen LogP contribution in [0, 0.1) is 0 Å². The van der Waals surface area contributed by atoms with Crippen LogP contribution in [0.15, 0.2) is 30.0 Å². The fourth-order valence-electron chi connectivity index (χ4n) is 1.05. The second-order valence-corrected chi connectivity index (χ2v) is 3.52. The summed E-state index contributed by atoms with van der Waals surface area (Å²) in [4.78, 5) is 19.5. The summed E-state index contributed by atoms with van der Waals surface area (Å²) in [6.07, 6.45) is 4.59. The number of thiazole rings is 1. The molecule has 0 spiro atoms. The average molecular weight is 205 g/mol. The fraction of sp³-hybridized carbons (Fsp3) is 0. The van der Waals surface area contributed by atoms with E-state index < -0.39 is 0 Å². The van der Waals surface area contributed by atoms with Gasteiger partial charge in [-0.25, -0.2) is 4.98 Å². The molecule has 14 heavy (non-hydrogen) atoms. The molecule has 0 bridgehead atoms. The molecular formula is C9H7N3OS. The molecule has 0 amide bonds. The van der Waals surface area contributed by atoms with Crippen LogP contribution in [0.4, 0.5) is 5.69 Å². The van der Waals surface area contributed by atoms with Crippen LogP contribution in [-0.4, -0.2) is 15.8 Å². The Hall–Kier alpha value is -1.75. The lowest BCUT2D eigenvalue weighted by Gasteiger charge is -1.99. The van der Waals surface area contributed by atoms with Crippen molar-refractivity contribution in [1.29, 1.82) is 0 Å². The van der Waals surface area contributed by atoms with Gasteiger partial charge in [0, 0.05) is 29.7 Å². The molecule has 0 aromatic carbocycles. The molecule has 0 aliphatic carbocycles. The molecule has 2 rings (SSSR count). The summed E-state index contributed by atoms with van der Waals surface area (Å²) in [5.41, 5.74) is 6.48. The number of anilines is 1. The summed E-state index contributed by atoms with van der Waals surface area (Å²) in [5.74, 6) is -0.175. The highest BCUT2D eigenvalue weighted by Crippen LogP contribution is 2.16. The van der Waals surface area contributed by atoms with Gasteiger partial charge >= 0.3 is 0 Å². The van der Waals surface area contributed by atoms with Crippen LogP contribution in [0.5, 0.6) is 0 Å². The average Bonchev–Trinajstić information content (AvgIpc) is 2.70. The van der Waals surface area contributed by atoms with Crippen LogP contribution in [0.2, 0.25) is 0 Å². The Morgan fingerprint density at radius 1 is 1.43 bits per heavy atom. The molecule has 0 aliphatic rings. The Kier molecular flexibility index (Phi) is 2.24. The molecule has 0 unspecified atom stereocenters. The maximum atomic E-state index is 11.8. The summed E-state index contributed by atoms with van der Waals surface area (Å²) in [7, 11) is 0. The number of nitrogen functional groups attached to an aromatic ring is 1. The largest absolute Gasteiger partial charge is 0.398 e. The number of nitrogens with two attached hydrogens (primary N) is 1. The minimum atomic E-state index is -0.175. The van der Waals surface area contributed by atoms with E-state index in [1.54, 1.807) is 23.8 Å². The summed E-state index contributed by atoms with van der Waals surface area (Å²) < 4.78 is 0. The lowest BCUT2D eigenvalue weighted by atomic mass is 10.1. The second kappa shape index (κ2) is 3.55. The first-order valence-electron chi connectivity index (χ1n) is 3.92. The molecular weight excluding hydrogens is 198 g/mol. The normalized spacial score (nSPS) is 10.0. The number of nitrogens with zero attached hydrogens (tertiary/aromatic N) is 2. The summed E-state index contributed by atoms with van der Waals surface area (Å²) >= 11 is 1.29. The van der Waals surface area contributed by atoms with Gasteiger partial charge in [0.25, 0.3) is 0 Å². The van der Waals surface area contributed by atoms with Crippen LogP contribution >= 0.6 is 11.3 Å². The smallest absolute Gasteiger partial charge is 0.225 e. The quantitative estimate of drug-likeness (QED) is 0.751. The molecule has 0 saturated carbocycles. The number of aromatic nitrogens is 2. The molecule has 0 fully saturated rings. The third kappa shape index (κ3) is 1.49. The number of rotatable bonds is 2. The van der Waals surface area contributed by atoms with Gasteiger partial charge < -0.3 is 5.73 Å². The van der Waals surface area contributed by atoms with Gasteiger partial charge in [0.15, 0.2) is 5.01 Å². The molecule has 2 aromatic rings. The Morgan fingerprint density at radius 2 is 2.29 bits per heavy atom. The van der Waals surface area contributed by atoms with E-state index in [2.05, 4.69) is 9.97 Å². The first-order chi connectivity index (χ1) is 6.79. The van der Waals surface area contributed by atoms with Crippen LogP contribution in [-0.2, 0) is 0 Å². The van der Waals surface area contributed by atoms with Crippen molar-refractivity contribution in [1.82, 2.24) is 9.97 Å². The monoisotopic (exact) mass is 205 g/mol. The molecule has 0 atom stereocenters. The molecule has 2 aromatic heterocycles. The zero-order valence-electron chi connectivity index (χ0n) is 7.18. The van der Waals surface area contributed by atoms with E-state index in [0.29, 0.717) is 16.3 Å². The molecule has 4 nitrogen and oxygen atoms in total. The Bertz CT molecular complexity index is 453. The number of carbonyl (C=O) groups is 1. The highest BCUT2D eigenvalue weighted by Gasteiger charge is 2.14. The Morgan fingerprint density at radius 3 is 2.93 bits per heavy atom. The predicted octanol–water partition coefficient (Wildman–Crippen LogP) is 1.35. The number of carbonyl (C=O) groups excluding carboxylic acids is 1. The van der Waals surface area contributed by atoms with Gasteiger partial charge in [0.1, 0.15) is 0 Å². The molecule has 2 N–H and O–H groups in total. The molecule has 0 radical (unpaired) electrons. The zero-order valence-corrected chi connectivity index (χ0v) is 7.99. The van der Waals surface area contributed by atoms with Gasteiger partial charge in [-0.2, -0.15) is 0 Å². The SMILES string of the molecule is Nc1ccncc1C(=O)c1nccs1. The van der Waals surface area contributed by atoms with E-state index in [1.165, 1.54) is 17.5 Å². The minimum Gasteiger partial charge on any atom is -0.398 e. The second-order valence-electron chi connectivity index (χ2n) is 2.63. The Balaban J connectivity index is 2.42. The van der Waals surface area contributed by atoms with E-state index in [9.17, 15) is 4.79 Å². The van der Waals surface area contributed by atoms with Gasteiger partial charge in [-0.05, 0) is 6.07 Å². The summed E-state index contributed by atoms with van der Waals surface area (Å²) in [5, 5.41) is 2.18. The number of ketones is 1. The molecule has 70 valence electrons. The van der Waals surface area contributed by atoms with Gasteiger partial charge in [-0.1, -0.05) is 0 Å². The maximum absolute atomic E-state index is 11.8. The lowest BCUT2D eigenvalue weighted by Crippen LogP contribution is -2.05. The van der Waals surface area contributed by atoms with E-state index in [0.717, 1.165) is 0 Å². The molecule has 2 heterocycles. The van der Waals surface area contributed by atoms with Gasteiger partial charge in [0.05, 0.1) is 5.56 Å². The number of hydrogen-bond donors (Lipinski definition) is 1. The first-order valence-corrected chi connectivity index (χ1v) is 4.80. The highest BCUT2D eigenvalue weighted by molar-refractivity contribution is 7.11. The molecule has 0 aliphatic heterocycles. The van der Waals surface area contributed by atoms with Crippen LogP contribution in [0.25, 0.3) is 0 Å². The van der Waals surface area contributed by atoms with Crippen molar-refractivity contribution in [3.63, 3.8) is 0 Å². The van der Waals surface area contributed by atoms with Crippen molar-refractivity contribution in [2.24, 2.45) is 0 Å². The van der Waals surface area contributed by atoms with Crippen molar-refractivity contribution in [3.05, 3.63) is 40.6 Å². The number of pyridine rings is 1. The third-order valence-corrected chi connectivity index (χ3v) is 2.50. The summed E-state index contributed by atoms with van der Waals surface area (Å²) in [6, 6.07) is 1.60. The predicted molar refractivity (Wildman–Crippen MR) is 54.2 cm³/mol. The van der Waals surface area contributed by atoms with Crippen LogP contribution in [0.3, 0.4) is 0 Å². The highest BCUT2D eigenvalue weighted by atomic mass is 32.1. The van der Waals surface area contributed by atoms with Crippen molar-refractivity contribution in [3.8, 4) is 0 Å². The number of hydrogen-bond acceptors (Lipinski definition) is 5. The van der Waals surface area contributed by atoms with Crippen molar-refractivity contribution < 1.29 is 4.79 Å². The minimum absolute atomic E-state index is 0.175. The first kappa shape index (κ1) is 8.83. The van der Waals surface area contributed by atoms with Crippen molar-refractivity contribution in [2.75, 3.05) is 5.73 Å². The summed E-state index contributed by atoms with van der Waals surface area (Å²) in [6.45, 7) is 0. The van der Waals surface area contributed by atoms with E-state index in [-0.39, 0.29) is 5.78 Å². The van der Waals surface area contributed by atoms with Crippen LogP contribution < -0.4 is 5.73 Å². The van der Waals surface area contributed by atoms with E-state index >= 15 is 0 Å². The maximum Gasteiger partial charge on any atom is 0.225 e. The topological polar surface area (TPSA) is 68.9 Å². The van der Waals surface area contributed by atoms with Gasteiger partial charge in [0.2, 0.25) is 5.78 Å². The molecule has 0 saturated heterocycles. The van der Waals surface area contributed by atoms with Crippen molar-refractivity contribution >= 4 is 22.8 Å². The van der Waals surface area contributed by atoms with E-state index in [4.69, 9.17) is 5.73 Å². The van der Waals surface area contributed by atoms with Crippen LogP contribution in [0.1, 0.15) is 15.4 Å². The van der Waals surface area contributed by atoms with Gasteiger partial charge in [-0.15, -0.1) is 11.3 Å². The van der Waals surface area contributed by atoms with Crippen molar-refractivity contribution in [2.45, 2.75) is 0 Å². The van der Waals surface area contributed by atoms with E-state index in [1.807, 2.05) is 0 Å².